The van der Waals surface area contributed by atoms with Crippen LogP contribution in [0.2, 0.25) is 0 Å². The molecule has 0 aliphatic carbocycles. The van der Waals surface area contributed by atoms with E-state index in [-0.39, 0.29) is 30.7 Å². The number of ether oxygens (including phenoxy) is 1. The van der Waals surface area contributed by atoms with Gasteiger partial charge in [0, 0.05) is 35.4 Å². The van der Waals surface area contributed by atoms with E-state index in [1.54, 1.807) is 22.4 Å². The third-order valence-electron chi connectivity index (χ3n) is 5.60. The van der Waals surface area contributed by atoms with E-state index in [1.807, 2.05) is 31.2 Å². The summed E-state index contributed by atoms with van der Waals surface area (Å²) in [6.45, 7) is 5.73. The van der Waals surface area contributed by atoms with E-state index in [2.05, 4.69) is 20.5 Å². The molecule has 0 radical (unpaired) electrons. The monoisotopic (exact) mass is 497 g/mol. The maximum atomic E-state index is 13.1. The fourth-order valence-electron chi connectivity index (χ4n) is 3.71. The third-order valence-corrected chi connectivity index (χ3v) is 6.36. The Kier molecular flexibility index (Phi) is 8.40. The van der Waals surface area contributed by atoms with Crippen molar-refractivity contribution in [2.75, 3.05) is 61.5 Å². The van der Waals surface area contributed by atoms with E-state index >= 15 is 0 Å². The lowest BCUT2D eigenvalue weighted by molar-refractivity contribution is -0.119. The van der Waals surface area contributed by atoms with Crippen LogP contribution in [-0.4, -0.2) is 67.6 Å². The van der Waals surface area contributed by atoms with Crippen LogP contribution in [0.4, 0.5) is 20.9 Å². The molecule has 1 aliphatic rings. The Morgan fingerprint density at radius 1 is 1.03 bits per heavy atom. The molecular weight excluding hydrogens is 469 g/mol. The van der Waals surface area contributed by atoms with Crippen molar-refractivity contribution < 1.29 is 18.7 Å². The van der Waals surface area contributed by atoms with Crippen LogP contribution >= 0.6 is 11.3 Å². The van der Waals surface area contributed by atoms with Gasteiger partial charge in [-0.15, -0.1) is 11.3 Å². The third kappa shape index (κ3) is 7.08. The molecule has 35 heavy (non-hydrogen) atoms. The summed E-state index contributed by atoms with van der Waals surface area (Å²) in [6.07, 6.45) is 0. The van der Waals surface area contributed by atoms with Gasteiger partial charge in [0.05, 0.1) is 32.0 Å². The summed E-state index contributed by atoms with van der Waals surface area (Å²) in [5.74, 6) is -0.757. The Hall–Kier alpha value is -3.34. The molecule has 2 N–H and O–H groups in total. The van der Waals surface area contributed by atoms with Crippen LogP contribution in [0.3, 0.4) is 0 Å². The fourth-order valence-corrected chi connectivity index (χ4v) is 4.44. The standard InChI is InChI=1S/C25H28FN5O3S/c1-2-30(15-23(32)27-20-7-9-21(10-8-20)31-11-13-34-14-12-31)16-24(33)29-25-28-22(17-35-25)18-3-5-19(26)6-4-18/h3-10,17H,2,11-16H2,1H3,(H,27,32)(H,28,29,33). The number of hydrogen-bond acceptors (Lipinski definition) is 7. The topological polar surface area (TPSA) is 86.8 Å². The Bertz CT molecular complexity index is 1130. The van der Waals surface area contributed by atoms with E-state index in [4.69, 9.17) is 4.74 Å². The minimum atomic E-state index is -0.314. The lowest BCUT2D eigenvalue weighted by Crippen LogP contribution is -2.38. The van der Waals surface area contributed by atoms with E-state index in [1.165, 1.54) is 23.5 Å². The van der Waals surface area contributed by atoms with Crippen molar-refractivity contribution in [2.24, 2.45) is 0 Å². The number of likely N-dealkylation sites (N-methyl/N-ethyl adjacent to an activating group) is 1. The van der Waals surface area contributed by atoms with Gasteiger partial charge >= 0.3 is 0 Å². The summed E-state index contributed by atoms with van der Waals surface area (Å²) in [6, 6.07) is 13.8. The van der Waals surface area contributed by atoms with Gasteiger partial charge in [0.2, 0.25) is 11.8 Å². The van der Waals surface area contributed by atoms with Crippen molar-refractivity contribution in [1.82, 2.24) is 9.88 Å². The molecule has 1 saturated heterocycles. The molecule has 0 bridgehead atoms. The number of anilines is 3. The van der Waals surface area contributed by atoms with Crippen LogP contribution in [-0.2, 0) is 14.3 Å². The van der Waals surface area contributed by atoms with Gasteiger partial charge in [0.25, 0.3) is 0 Å². The number of nitrogens with zero attached hydrogens (tertiary/aromatic N) is 3. The highest BCUT2D eigenvalue weighted by molar-refractivity contribution is 7.14. The average Bonchev–Trinajstić information content (AvgIpc) is 3.33. The highest BCUT2D eigenvalue weighted by Gasteiger charge is 2.16. The summed E-state index contributed by atoms with van der Waals surface area (Å²) < 4.78 is 18.5. The van der Waals surface area contributed by atoms with Gasteiger partial charge in [-0.2, -0.15) is 0 Å². The summed E-state index contributed by atoms with van der Waals surface area (Å²) in [7, 11) is 0. The second kappa shape index (κ2) is 11.9. The Morgan fingerprint density at radius 2 is 1.69 bits per heavy atom. The number of rotatable bonds is 9. The zero-order chi connectivity index (χ0) is 24.6. The Morgan fingerprint density at radius 3 is 2.34 bits per heavy atom. The largest absolute Gasteiger partial charge is 0.378 e. The first kappa shape index (κ1) is 24.8. The molecule has 0 atom stereocenters. The number of benzene rings is 2. The van der Waals surface area contributed by atoms with E-state index in [0.29, 0.717) is 23.1 Å². The minimum Gasteiger partial charge on any atom is -0.378 e. The number of carbonyl (C=O) groups is 2. The zero-order valence-corrected chi connectivity index (χ0v) is 20.3. The SMILES string of the molecule is CCN(CC(=O)Nc1ccc(N2CCOCC2)cc1)CC(=O)Nc1nc(-c2ccc(F)cc2)cs1. The van der Waals surface area contributed by atoms with Crippen LogP contribution in [0, 0.1) is 5.82 Å². The lowest BCUT2D eigenvalue weighted by atomic mass is 10.2. The maximum Gasteiger partial charge on any atom is 0.240 e. The molecule has 2 amide bonds. The molecule has 10 heteroatoms. The molecule has 184 valence electrons. The average molecular weight is 498 g/mol. The smallest absolute Gasteiger partial charge is 0.240 e. The van der Waals surface area contributed by atoms with Crippen molar-refractivity contribution in [3.63, 3.8) is 0 Å². The Labute approximate surface area is 207 Å². The summed E-state index contributed by atoms with van der Waals surface area (Å²) >= 11 is 1.29. The lowest BCUT2D eigenvalue weighted by Gasteiger charge is -2.29. The summed E-state index contributed by atoms with van der Waals surface area (Å²) in [5, 5.41) is 7.93. The van der Waals surface area contributed by atoms with E-state index in [0.717, 1.165) is 37.6 Å². The first-order valence-electron chi connectivity index (χ1n) is 11.5. The van der Waals surface area contributed by atoms with Crippen molar-refractivity contribution in [3.8, 4) is 11.3 Å². The number of aromatic nitrogens is 1. The van der Waals surface area contributed by atoms with Gasteiger partial charge in [0.1, 0.15) is 5.82 Å². The molecule has 3 aromatic rings. The molecule has 0 spiro atoms. The number of nitrogens with one attached hydrogen (secondary N) is 2. The van der Waals surface area contributed by atoms with Gasteiger partial charge < -0.3 is 20.3 Å². The van der Waals surface area contributed by atoms with Crippen molar-refractivity contribution in [3.05, 3.63) is 59.7 Å². The maximum absolute atomic E-state index is 13.1. The fraction of sp³-hybridized carbons (Fsp3) is 0.320. The second-order valence-corrected chi connectivity index (χ2v) is 8.95. The molecule has 1 aromatic heterocycles. The molecular formula is C25H28FN5O3S. The van der Waals surface area contributed by atoms with Crippen LogP contribution in [0.1, 0.15) is 6.92 Å². The van der Waals surface area contributed by atoms with E-state index < -0.39 is 0 Å². The van der Waals surface area contributed by atoms with Gasteiger partial charge in [-0.3, -0.25) is 14.5 Å². The van der Waals surface area contributed by atoms with Crippen molar-refractivity contribution >= 4 is 39.7 Å². The molecule has 2 aromatic carbocycles. The molecule has 1 fully saturated rings. The molecule has 0 saturated carbocycles. The van der Waals surface area contributed by atoms with Crippen molar-refractivity contribution in [2.45, 2.75) is 6.92 Å². The molecule has 8 nitrogen and oxygen atoms in total. The summed E-state index contributed by atoms with van der Waals surface area (Å²) in [5.41, 5.74) is 3.25. The van der Waals surface area contributed by atoms with Gasteiger partial charge in [-0.1, -0.05) is 6.92 Å². The van der Waals surface area contributed by atoms with Gasteiger partial charge in [-0.05, 0) is 55.1 Å². The number of thiazole rings is 1. The first-order chi connectivity index (χ1) is 17.0. The highest BCUT2D eigenvalue weighted by Crippen LogP contribution is 2.25. The molecule has 0 unspecified atom stereocenters. The zero-order valence-electron chi connectivity index (χ0n) is 19.5. The first-order valence-corrected chi connectivity index (χ1v) is 12.3. The predicted molar refractivity (Wildman–Crippen MR) is 136 cm³/mol. The number of amides is 2. The number of carbonyl (C=O) groups excluding carboxylic acids is 2. The van der Waals surface area contributed by atoms with Gasteiger partial charge in [-0.25, -0.2) is 9.37 Å². The minimum absolute atomic E-state index is 0.0609. The van der Waals surface area contributed by atoms with Gasteiger partial charge in [0.15, 0.2) is 5.13 Å². The second-order valence-electron chi connectivity index (χ2n) is 8.09. The number of morpholine rings is 1. The van der Waals surface area contributed by atoms with Crippen LogP contribution in [0.15, 0.2) is 53.9 Å². The number of halogens is 1. The van der Waals surface area contributed by atoms with Crippen molar-refractivity contribution in [1.29, 1.82) is 0 Å². The molecule has 2 heterocycles. The summed E-state index contributed by atoms with van der Waals surface area (Å²) in [4.78, 5) is 33.5. The quantitative estimate of drug-likeness (QED) is 0.469. The number of hydrogen-bond donors (Lipinski definition) is 2. The molecule has 4 rings (SSSR count). The molecule has 1 aliphatic heterocycles. The van der Waals surface area contributed by atoms with Crippen LogP contribution < -0.4 is 15.5 Å². The Balaban J connectivity index is 1.25. The normalized spacial score (nSPS) is 13.6. The highest BCUT2D eigenvalue weighted by atomic mass is 32.1. The predicted octanol–water partition coefficient (Wildman–Crippen LogP) is 3.68. The van der Waals surface area contributed by atoms with Crippen LogP contribution in [0.25, 0.3) is 11.3 Å². The van der Waals surface area contributed by atoms with Crippen LogP contribution in [0.5, 0.6) is 0 Å². The van der Waals surface area contributed by atoms with E-state index in [9.17, 15) is 14.0 Å².